The van der Waals surface area contributed by atoms with Gasteiger partial charge in [0.1, 0.15) is 0 Å². The van der Waals surface area contributed by atoms with E-state index in [1.54, 1.807) is 0 Å². The number of unbranched alkanes of at least 4 members (excludes halogenated alkanes) is 1. The van der Waals surface area contributed by atoms with Gasteiger partial charge >= 0.3 is 0 Å². The van der Waals surface area contributed by atoms with Gasteiger partial charge in [0.15, 0.2) is 0 Å². The Kier molecular flexibility index (Phi) is 2.73. The third kappa shape index (κ3) is 1.87. The molecule has 15 heavy (non-hydrogen) atoms. The number of benzene rings is 1. The normalized spacial score (nSPS) is 10.4. The maximum absolute atomic E-state index is 8.84. The highest BCUT2D eigenvalue weighted by Crippen LogP contribution is 2.21. The SMILES string of the molecule is C[CH]CCc1c[nH]c2ccc(C#N)cc12. The number of rotatable bonds is 3. The molecule has 0 unspecified atom stereocenters. The Labute approximate surface area is 89.5 Å². The number of fused-ring (bicyclic) bond motifs is 1. The van der Waals surface area contributed by atoms with E-state index < -0.39 is 0 Å². The minimum Gasteiger partial charge on any atom is -0.361 e. The second-order valence-electron chi connectivity index (χ2n) is 3.63. The molecule has 0 bridgehead atoms. The molecule has 0 fully saturated rings. The number of nitrogens with zero attached hydrogens (tertiary/aromatic N) is 1. The van der Waals surface area contributed by atoms with Crippen LogP contribution < -0.4 is 0 Å². The molecule has 2 aromatic rings. The van der Waals surface area contributed by atoms with Crippen LogP contribution in [0.15, 0.2) is 24.4 Å². The van der Waals surface area contributed by atoms with Crippen LogP contribution in [0.4, 0.5) is 0 Å². The first-order valence-electron chi connectivity index (χ1n) is 5.13. The second kappa shape index (κ2) is 4.18. The molecule has 0 aliphatic carbocycles. The fourth-order valence-electron chi connectivity index (χ4n) is 1.75. The highest BCUT2D eigenvalue weighted by molar-refractivity contribution is 5.84. The van der Waals surface area contributed by atoms with E-state index in [-0.39, 0.29) is 0 Å². The Bertz CT molecular complexity index is 503. The third-order valence-electron chi connectivity index (χ3n) is 2.60. The van der Waals surface area contributed by atoms with Crippen LogP contribution in [0, 0.1) is 17.8 Å². The predicted molar refractivity (Wildman–Crippen MR) is 61.3 cm³/mol. The topological polar surface area (TPSA) is 39.6 Å². The van der Waals surface area contributed by atoms with Crippen molar-refractivity contribution in [2.24, 2.45) is 0 Å². The third-order valence-corrected chi connectivity index (χ3v) is 2.60. The lowest BCUT2D eigenvalue weighted by Gasteiger charge is -1.97. The molecule has 1 heterocycles. The quantitative estimate of drug-likeness (QED) is 0.806. The lowest BCUT2D eigenvalue weighted by atomic mass is 10.1. The van der Waals surface area contributed by atoms with Gasteiger partial charge in [0.25, 0.3) is 0 Å². The average molecular weight is 197 g/mol. The first-order chi connectivity index (χ1) is 7.35. The molecule has 0 aliphatic heterocycles. The molecule has 75 valence electrons. The van der Waals surface area contributed by atoms with Gasteiger partial charge in [-0.15, -0.1) is 0 Å². The molecule has 0 spiro atoms. The molecule has 1 radical (unpaired) electrons. The molecule has 0 saturated carbocycles. The van der Waals surface area contributed by atoms with Crippen molar-refractivity contribution >= 4 is 10.9 Å². The Balaban J connectivity index is 2.43. The van der Waals surface area contributed by atoms with Crippen LogP contribution in [0.5, 0.6) is 0 Å². The van der Waals surface area contributed by atoms with Crippen molar-refractivity contribution < 1.29 is 0 Å². The van der Waals surface area contributed by atoms with Gasteiger partial charge in [-0.1, -0.05) is 6.92 Å². The molecule has 0 aliphatic rings. The second-order valence-corrected chi connectivity index (χ2v) is 3.63. The predicted octanol–water partition coefficient (Wildman–Crippen LogP) is 3.20. The molecular weight excluding hydrogens is 184 g/mol. The van der Waals surface area contributed by atoms with Gasteiger partial charge in [-0.3, -0.25) is 0 Å². The van der Waals surface area contributed by atoms with Gasteiger partial charge in [-0.25, -0.2) is 0 Å². The summed E-state index contributed by atoms with van der Waals surface area (Å²) in [6.45, 7) is 2.07. The molecule has 1 N–H and O–H groups in total. The number of hydrogen-bond acceptors (Lipinski definition) is 1. The first kappa shape index (κ1) is 9.79. The zero-order valence-corrected chi connectivity index (χ0v) is 8.75. The van der Waals surface area contributed by atoms with E-state index >= 15 is 0 Å². The van der Waals surface area contributed by atoms with Crippen LogP contribution in [-0.2, 0) is 6.42 Å². The molecule has 1 aromatic heterocycles. The largest absolute Gasteiger partial charge is 0.361 e. The maximum atomic E-state index is 8.84. The van der Waals surface area contributed by atoms with Crippen LogP contribution >= 0.6 is 0 Å². The van der Waals surface area contributed by atoms with E-state index in [1.165, 1.54) is 10.9 Å². The van der Waals surface area contributed by atoms with Crippen molar-refractivity contribution in [1.82, 2.24) is 4.98 Å². The summed E-state index contributed by atoms with van der Waals surface area (Å²) in [5, 5.41) is 10.0. The number of nitriles is 1. The summed E-state index contributed by atoms with van der Waals surface area (Å²) in [5.41, 5.74) is 3.13. The standard InChI is InChI=1S/C13H13N2/c1-2-3-4-11-9-15-13-6-5-10(8-14)7-12(11)13/h2,5-7,9,15H,3-4H2,1H3. The van der Waals surface area contributed by atoms with Gasteiger partial charge < -0.3 is 4.98 Å². The van der Waals surface area contributed by atoms with Crippen LogP contribution in [-0.4, -0.2) is 4.98 Å². The van der Waals surface area contributed by atoms with Gasteiger partial charge in [0, 0.05) is 17.1 Å². The minimum atomic E-state index is 0.726. The zero-order valence-electron chi connectivity index (χ0n) is 8.75. The summed E-state index contributed by atoms with van der Waals surface area (Å²) < 4.78 is 0. The highest BCUT2D eigenvalue weighted by Gasteiger charge is 2.03. The smallest absolute Gasteiger partial charge is 0.0991 e. The van der Waals surface area contributed by atoms with Crippen molar-refractivity contribution in [3.63, 3.8) is 0 Å². The number of H-pyrrole nitrogens is 1. The fraction of sp³-hybridized carbons (Fsp3) is 0.231. The van der Waals surface area contributed by atoms with Crippen molar-refractivity contribution in [2.45, 2.75) is 19.8 Å². The lowest BCUT2D eigenvalue weighted by Crippen LogP contribution is -1.82. The Hall–Kier alpha value is -1.75. The molecule has 2 nitrogen and oxygen atoms in total. The van der Waals surface area contributed by atoms with E-state index in [4.69, 9.17) is 5.26 Å². The average Bonchev–Trinajstić information content (AvgIpc) is 2.68. The number of aromatic amines is 1. The van der Waals surface area contributed by atoms with Crippen molar-refractivity contribution in [3.8, 4) is 6.07 Å². The Morgan fingerprint density at radius 3 is 3.07 bits per heavy atom. The highest BCUT2D eigenvalue weighted by atomic mass is 14.7. The minimum absolute atomic E-state index is 0.726. The number of aryl methyl sites for hydroxylation is 1. The summed E-state index contributed by atoms with van der Waals surface area (Å²) in [6, 6.07) is 7.93. The molecule has 2 heteroatoms. The summed E-state index contributed by atoms with van der Waals surface area (Å²) in [4.78, 5) is 3.23. The fourth-order valence-corrected chi connectivity index (χ4v) is 1.75. The zero-order chi connectivity index (χ0) is 10.7. The van der Waals surface area contributed by atoms with Crippen LogP contribution in [0.2, 0.25) is 0 Å². The van der Waals surface area contributed by atoms with Gasteiger partial charge in [0.2, 0.25) is 0 Å². The van der Waals surface area contributed by atoms with E-state index in [0.29, 0.717) is 0 Å². The monoisotopic (exact) mass is 197 g/mol. The van der Waals surface area contributed by atoms with E-state index in [0.717, 1.165) is 23.9 Å². The lowest BCUT2D eigenvalue weighted by molar-refractivity contribution is 0.943. The Morgan fingerprint density at radius 1 is 1.47 bits per heavy atom. The van der Waals surface area contributed by atoms with Gasteiger partial charge in [-0.2, -0.15) is 5.26 Å². The van der Waals surface area contributed by atoms with Gasteiger partial charge in [0.05, 0.1) is 11.6 Å². The van der Waals surface area contributed by atoms with Crippen LogP contribution in [0.3, 0.4) is 0 Å². The van der Waals surface area contributed by atoms with Crippen LogP contribution in [0.1, 0.15) is 24.5 Å². The molecule has 2 rings (SSSR count). The molecule has 0 saturated heterocycles. The van der Waals surface area contributed by atoms with Crippen molar-refractivity contribution in [1.29, 1.82) is 5.26 Å². The number of hydrogen-bond donors (Lipinski definition) is 1. The number of aromatic nitrogens is 1. The molecular formula is C13H13N2. The summed E-state index contributed by atoms with van der Waals surface area (Å²) in [6.07, 6.45) is 6.30. The van der Waals surface area contributed by atoms with Crippen molar-refractivity contribution in [2.75, 3.05) is 0 Å². The Morgan fingerprint density at radius 2 is 2.33 bits per heavy atom. The number of nitrogens with one attached hydrogen (secondary N) is 1. The molecule has 1 aromatic carbocycles. The molecule has 0 amide bonds. The van der Waals surface area contributed by atoms with E-state index in [2.05, 4.69) is 24.4 Å². The summed E-state index contributed by atoms with van der Waals surface area (Å²) in [7, 11) is 0. The van der Waals surface area contributed by atoms with E-state index in [9.17, 15) is 0 Å². The summed E-state index contributed by atoms with van der Waals surface area (Å²) >= 11 is 0. The van der Waals surface area contributed by atoms with E-state index in [1.807, 2.05) is 24.4 Å². The van der Waals surface area contributed by atoms with Crippen LogP contribution in [0.25, 0.3) is 10.9 Å². The summed E-state index contributed by atoms with van der Waals surface area (Å²) in [5.74, 6) is 0. The van der Waals surface area contributed by atoms with Gasteiger partial charge in [-0.05, 0) is 43.0 Å². The maximum Gasteiger partial charge on any atom is 0.0991 e. The van der Waals surface area contributed by atoms with Crippen molar-refractivity contribution in [3.05, 3.63) is 41.9 Å². The molecule has 0 atom stereocenters. The first-order valence-corrected chi connectivity index (χ1v) is 5.13.